The van der Waals surface area contributed by atoms with Crippen LogP contribution in [0.4, 0.5) is 0 Å². The molecular formula is C24H27N3O2S. The maximum Gasteiger partial charge on any atom is 0.286 e. The van der Waals surface area contributed by atoms with Gasteiger partial charge in [0.05, 0.1) is 11.5 Å². The number of thioether (sulfide) groups is 1. The van der Waals surface area contributed by atoms with Gasteiger partial charge in [-0.1, -0.05) is 55.5 Å². The molecule has 5 nitrogen and oxygen atoms in total. The van der Waals surface area contributed by atoms with Crippen molar-refractivity contribution in [3.05, 3.63) is 70.6 Å². The number of aliphatic imine (C=N–C) groups is 1. The standard InChI is InChI=1S/C24H27N3O2S/c1-2-16-29-21-11-7-6-10-20(21)17-22-23(28)25-24(30-22)27-14-12-26(13-15-27)18-19-8-4-3-5-9-19/h3-11,17H,2,12-16,18H2,1H3/b22-17+. The summed E-state index contributed by atoms with van der Waals surface area (Å²) in [7, 11) is 0. The number of benzene rings is 2. The quantitative estimate of drug-likeness (QED) is 0.652. The minimum atomic E-state index is -0.160. The first kappa shape index (κ1) is 20.7. The number of carbonyl (C=O) groups is 1. The first-order valence-electron chi connectivity index (χ1n) is 10.5. The maximum absolute atomic E-state index is 12.5. The number of rotatable bonds is 6. The highest BCUT2D eigenvalue weighted by atomic mass is 32.2. The van der Waals surface area contributed by atoms with Crippen LogP contribution in [-0.4, -0.2) is 53.7 Å². The lowest BCUT2D eigenvalue weighted by Crippen LogP contribution is -2.47. The molecule has 1 fully saturated rings. The second-order valence-electron chi connectivity index (χ2n) is 7.45. The molecule has 1 saturated heterocycles. The Hall–Kier alpha value is -2.57. The normalized spacial score (nSPS) is 18.7. The zero-order valence-corrected chi connectivity index (χ0v) is 18.1. The molecule has 0 atom stereocenters. The van der Waals surface area contributed by atoms with Gasteiger partial charge in [0.15, 0.2) is 5.17 Å². The SMILES string of the molecule is CCCOc1ccccc1/C=C1/SC(N2CCN(Cc3ccccc3)CC2)=NC1=O. The highest BCUT2D eigenvalue weighted by molar-refractivity contribution is 8.18. The molecule has 0 aromatic heterocycles. The first-order chi connectivity index (χ1) is 14.7. The molecular weight excluding hydrogens is 394 g/mol. The second-order valence-corrected chi connectivity index (χ2v) is 8.45. The molecule has 0 unspecified atom stereocenters. The fraction of sp³-hybridized carbons (Fsp3) is 0.333. The molecule has 1 amide bonds. The fourth-order valence-corrected chi connectivity index (χ4v) is 4.51. The Kier molecular flexibility index (Phi) is 6.87. The monoisotopic (exact) mass is 421 g/mol. The number of amidine groups is 1. The van der Waals surface area contributed by atoms with Crippen LogP contribution in [-0.2, 0) is 11.3 Å². The van der Waals surface area contributed by atoms with Gasteiger partial charge in [0, 0.05) is 38.3 Å². The average Bonchev–Trinajstić information content (AvgIpc) is 3.14. The van der Waals surface area contributed by atoms with Crippen LogP contribution in [0.25, 0.3) is 6.08 Å². The van der Waals surface area contributed by atoms with Crippen molar-refractivity contribution in [2.75, 3.05) is 32.8 Å². The summed E-state index contributed by atoms with van der Waals surface area (Å²) in [6, 6.07) is 18.4. The maximum atomic E-state index is 12.5. The Balaban J connectivity index is 1.36. The lowest BCUT2D eigenvalue weighted by atomic mass is 10.2. The van der Waals surface area contributed by atoms with Crippen molar-refractivity contribution in [3.8, 4) is 5.75 Å². The van der Waals surface area contributed by atoms with E-state index in [1.165, 1.54) is 17.3 Å². The molecule has 156 valence electrons. The van der Waals surface area contributed by atoms with Crippen LogP contribution in [0.5, 0.6) is 5.75 Å². The van der Waals surface area contributed by atoms with Gasteiger partial charge in [0.1, 0.15) is 5.75 Å². The van der Waals surface area contributed by atoms with E-state index in [4.69, 9.17) is 4.74 Å². The lowest BCUT2D eigenvalue weighted by molar-refractivity contribution is -0.113. The van der Waals surface area contributed by atoms with Crippen molar-refractivity contribution < 1.29 is 9.53 Å². The number of ether oxygens (including phenoxy) is 1. The van der Waals surface area contributed by atoms with Crippen molar-refractivity contribution in [1.82, 2.24) is 9.80 Å². The molecule has 2 aliphatic rings. The summed E-state index contributed by atoms with van der Waals surface area (Å²) in [6.45, 7) is 7.41. The molecule has 4 rings (SSSR count). The smallest absolute Gasteiger partial charge is 0.286 e. The van der Waals surface area contributed by atoms with Gasteiger partial charge in [-0.05, 0) is 35.9 Å². The van der Waals surface area contributed by atoms with E-state index in [9.17, 15) is 4.79 Å². The van der Waals surface area contributed by atoms with Gasteiger partial charge >= 0.3 is 0 Å². The van der Waals surface area contributed by atoms with Gasteiger partial charge in [-0.2, -0.15) is 4.99 Å². The molecule has 2 aliphatic heterocycles. The van der Waals surface area contributed by atoms with E-state index in [-0.39, 0.29) is 5.91 Å². The van der Waals surface area contributed by atoms with E-state index in [1.807, 2.05) is 36.4 Å². The third kappa shape index (κ3) is 5.12. The summed E-state index contributed by atoms with van der Waals surface area (Å²) in [5.41, 5.74) is 2.26. The number of piperazine rings is 1. The Morgan fingerprint density at radius 2 is 1.77 bits per heavy atom. The van der Waals surface area contributed by atoms with Crippen LogP contribution in [0.2, 0.25) is 0 Å². The fourth-order valence-electron chi connectivity index (χ4n) is 3.56. The summed E-state index contributed by atoms with van der Waals surface area (Å²) >= 11 is 1.47. The van der Waals surface area contributed by atoms with Gasteiger partial charge in [-0.3, -0.25) is 9.69 Å². The molecule has 0 radical (unpaired) electrons. The number of amides is 1. The van der Waals surface area contributed by atoms with Gasteiger partial charge in [0.25, 0.3) is 5.91 Å². The highest BCUT2D eigenvalue weighted by Crippen LogP contribution is 2.32. The van der Waals surface area contributed by atoms with Crippen molar-refractivity contribution >= 4 is 28.9 Å². The molecule has 2 aromatic carbocycles. The zero-order valence-electron chi connectivity index (χ0n) is 17.3. The molecule has 30 heavy (non-hydrogen) atoms. The summed E-state index contributed by atoms with van der Waals surface area (Å²) in [6.07, 6.45) is 2.85. The number of nitrogens with zero attached hydrogens (tertiary/aromatic N) is 3. The molecule has 0 bridgehead atoms. The van der Waals surface area contributed by atoms with Crippen LogP contribution in [0.3, 0.4) is 0 Å². The van der Waals surface area contributed by atoms with E-state index in [0.29, 0.717) is 11.5 Å². The number of para-hydroxylation sites is 1. The molecule has 6 heteroatoms. The Labute approximate surface area is 182 Å². The number of hydrogen-bond acceptors (Lipinski definition) is 5. The lowest BCUT2D eigenvalue weighted by Gasteiger charge is -2.35. The van der Waals surface area contributed by atoms with Crippen molar-refractivity contribution in [1.29, 1.82) is 0 Å². The summed E-state index contributed by atoms with van der Waals surface area (Å²) in [5.74, 6) is 0.648. The second kappa shape index (κ2) is 9.96. The minimum Gasteiger partial charge on any atom is -0.493 e. The zero-order chi connectivity index (χ0) is 20.8. The van der Waals surface area contributed by atoms with Crippen molar-refractivity contribution in [3.63, 3.8) is 0 Å². The summed E-state index contributed by atoms with van der Waals surface area (Å²) < 4.78 is 5.82. The molecule has 0 N–H and O–H groups in total. The molecule has 0 aliphatic carbocycles. The van der Waals surface area contributed by atoms with E-state index in [2.05, 4.69) is 46.0 Å². The number of hydrogen-bond donors (Lipinski definition) is 0. The first-order valence-corrected chi connectivity index (χ1v) is 11.3. The minimum absolute atomic E-state index is 0.160. The Bertz CT molecular complexity index is 934. The van der Waals surface area contributed by atoms with Crippen molar-refractivity contribution in [2.45, 2.75) is 19.9 Å². The van der Waals surface area contributed by atoms with E-state index in [0.717, 1.165) is 55.6 Å². The topological polar surface area (TPSA) is 45.1 Å². The van der Waals surface area contributed by atoms with E-state index in [1.54, 1.807) is 0 Å². The van der Waals surface area contributed by atoms with Crippen LogP contribution in [0.15, 0.2) is 64.5 Å². The van der Waals surface area contributed by atoms with Crippen molar-refractivity contribution in [2.24, 2.45) is 4.99 Å². The predicted molar refractivity (Wildman–Crippen MR) is 124 cm³/mol. The molecule has 2 heterocycles. The Morgan fingerprint density at radius 1 is 1.03 bits per heavy atom. The van der Waals surface area contributed by atoms with Crippen LogP contribution >= 0.6 is 11.8 Å². The summed E-state index contributed by atoms with van der Waals surface area (Å²) in [4.78, 5) is 22.2. The molecule has 2 aromatic rings. The average molecular weight is 422 g/mol. The van der Waals surface area contributed by atoms with Gasteiger partial charge in [-0.15, -0.1) is 0 Å². The largest absolute Gasteiger partial charge is 0.493 e. The number of carbonyl (C=O) groups excluding carboxylic acids is 1. The molecule has 0 spiro atoms. The third-order valence-corrected chi connectivity index (χ3v) is 6.21. The van der Waals surface area contributed by atoms with Gasteiger partial charge in [0.2, 0.25) is 0 Å². The van der Waals surface area contributed by atoms with E-state index < -0.39 is 0 Å². The van der Waals surface area contributed by atoms with Gasteiger partial charge < -0.3 is 9.64 Å². The van der Waals surface area contributed by atoms with Crippen LogP contribution in [0, 0.1) is 0 Å². The summed E-state index contributed by atoms with van der Waals surface area (Å²) in [5, 5.41) is 0.817. The third-order valence-electron chi connectivity index (χ3n) is 5.17. The Morgan fingerprint density at radius 3 is 2.53 bits per heavy atom. The molecule has 0 saturated carbocycles. The van der Waals surface area contributed by atoms with E-state index >= 15 is 0 Å². The van der Waals surface area contributed by atoms with Gasteiger partial charge in [-0.25, -0.2) is 0 Å². The van der Waals surface area contributed by atoms with Crippen LogP contribution < -0.4 is 4.74 Å². The highest BCUT2D eigenvalue weighted by Gasteiger charge is 2.28. The predicted octanol–water partition coefficient (Wildman–Crippen LogP) is 4.26. The van der Waals surface area contributed by atoms with Crippen LogP contribution in [0.1, 0.15) is 24.5 Å².